The molecule has 0 bridgehead atoms. The fourth-order valence-corrected chi connectivity index (χ4v) is 5.93. The maximum absolute atomic E-state index is 6.23. The Morgan fingerprint density at radius 1 is 0.919 bits per heavy atom. The second kappa shape index (κ2) is 9.24. The molecule has 0 aromatic carbocycles. The molecular formula is C27H22ClN7OS. The summed E-state index contributed by atoms with van der Waals surface area (Å²) in [7, 11) is 0. The maximum Gasteiger partial charge on any atom is 0.161 e. The lowest BCUT2D eigenvalue weighted by Crippen LogP contribution is -2.19. The molecule has 0 saturated heterocycles. The number of hydrogen-bond donors (Lipinski definition) is 2. The molecule has 0 aliphatic heterocycles. The monoisotopic (exact) mass is 527 g/mol. The van der Waals surface area contributed by atoms with E-state index in [0.29, 0.717) is 15.9 Å². The van der Waals surface area contributed by atoms with Crippen molar-refractivity contribution in [1.29, 1.82) is 0 Å². The molecule has 0 unspecified atom stereocenters. The van der Waals surface area contributed by atoms with E-state index in [0.717, 1.165) is 62.5 Å². The molecule has 0 atom stereocenters. The highest BCUT2D eigenvalue weighted by Crippen LogP contribution is 2.35. The lowest BCUT2D eigenvalue weighted by molar-refractivity contribution is 0.154. The summed E-state index contributed by atoms with van der Waals surface area (Å²) in [6.07, 6.45) is 11.6. The fourth-order valence-electron chi connectivity index (χ4n) is 4.89. The number of imidazole rings is 1. The number of aromatic nitrogens is 7. The highest BCUT2D eigenvalue weighted by molar-refractivity contribution is 7.19. The zero-order chi connectivity index (χ0) is 24.8. The lowest BCUT2D eigenvalue weighted by Gasteiger charge is -2.22. The molecule has 8 nitrogen and oxygen atoms in total. The molecule has 6 aromatic heterocycles. The van der Waals surface area contributed by atoms with Crippen molar-refractivity contribution in [3.63, 3.8) is 0 Å². The summed E-state index contributed by atoms with van der Waals surface area (Å²) in [6, 6.07) is 11.7. The number of halogens is 1. The Hall–Kier alpha value is -3.82. The van der Waals surface area contributed by atoms with E-state index < -0.39 is 0 Å². The van der Waals surface area contributed by atoms with Crippen molar-refractivity contribution >= 4 is 45.0 Å². The molecule has 0 amide bonds. The van der Waals surface area contributed by atoms with Crippen LogP contribution in [0.4, 0.5) is 0 Å². The largest absolute Gasteiger partial charge is 0.489 e. The van der Waals surface area contributed by atoms with Gasteiger partial charge >= 0.3 is 0 Å². The van der Waals surface area contributed by atoms with Gasteiger partial charge in [-0.25, -0.2) is 9.97 Å². The molecule has 184 valence electrons. The summed E-state index contributed by atoms with van der Waals surface area (Å²) < 4.78 is 6.94. The lowest BCUT2D eigenvalue weighted by atomic mass is 9.98. The number of fused-ring (bicyclic) bond motifs is 2. The first-order valence-corrected chi connectivity index (χ1v) is 13.5. The van der Waals surface area contributed by atoms with Gasteiger partial charge in [0, 0.05) is 18.0 Å². The molecule has 1 fully saturated rings. The first-order chi connectivity index (χ1) is 18.2. The van der Waals surface area contributed by atoms with Gasteiger partial charge in [0.2, 0.25) is 0 Å². The van der Waals surface area contributed by atoms with Gasteiger partial charge < -0.3 is 9.72 Å². The molecule has 6 heterocycles. The highest BCUT2D eigenvalue weighted by Gasteiger charge is 2.19. The summed E-state index contributed by atoms with van der Waals surface area (Å²) >= 11 is 7.64. The van der Waals surface area contributed by atoms with E-state index in [1.165, 1.54) is 30.6 Å². The predicted molar refractivity (Wildman–Crippen MR) is 146 cm³/mol. The third kappa shape index (κ3) is 4.24. The minimum absolute atomic E-state index is 0.263. The molecule has 2 N–H and O–H groups in total. The summed E-state index contributed by atoms with van der Waals surface area (Å²) in [5.74, 6) is 1.40. The van der Waals surface area contributed by atoms with Gasteiger partial charge in [-0.05, 0) is 62.1 Å². The first kappa shape index (κ1) is 22.4. The van der Waals surface area contributed by atoms with E-state index in [1.54, 1.807) is 12.4 Å². The number of rotatable bonds is 5. The van der Waals surface area contributed by atoms with E-state index in [4.69, 9.17) is 26.3 Å². The molecule has 1 saturated carbocycles. The first-order valence-electron chi connectivity index (χ1n) is 12.3. The van der Waals surface area contributed by atoms with Gasteiger partial charge in [-0.3, -0.25) is 15.1 Å². The van der Waals surface area contributed by atoms with Crippen LogP contribution in [0, 0.1) is 0 Å². The smallest absolute Gasteiger partial charge is 0.161 e. The number of aromatic amines is 2. The minimum atomic E-state index is 0.263. The van der Waals surface area contributed by atoms with Crippen molar-refractivity contribution < 1.29 is 4.74 Å². The Labute approximate surface area is 221 Å². The van der Waals surface area contributed by atoms with Crippen molar-refractivity contribution in [1.82, 2.24) is 35.1 Å². The van der Waals surface area contributed by atoms with Crippen LogP contribution in [0.3, 0.4) is 0 Å². The Morgan fingerprint density at radius 2 is 1.81 bits per heavy atom. The zero-order valence-electron chi connectivity index (χ0n) is 19.7. The number of nitrogens with zero attached hydrogens (tertiary/aromatic N) is 5. The van der Waals surface area contributed by atoms with Gasteiger partial charge in [0.25, 0.3) is 0 Å². The standard InChI is InChI=1S/C27H22ClN7OS/c28-22-9-8-21(37-22)25-23-19(10-11-30-25)32-27(33-23)26-24-20(34-35-26)7-6-18(31-24)15-12-17(14-29-13-15)36-16-4-2-1-3-5-16/h6-14,16H,1-5H2,(H,32,33)(H,34,35). The molecule has 10 heteroatoms. The second-order valence-corrected chi connectivity index (χ2v) is 10.9. The topological polar surface area (TPSA) is 105 Å². The maximum atomic E-state index is 6.23. The van der Waals surface area contributed by atoms with Crippen LogP contribution < -0.4 is 4.74 Å². The van der Waals surface area contributed by atoms with Gasteiger partial charge in [-0.1, -0.05) is 18.0 Å². The van der Waals surface area contributed by atoms with Crippen molar-refractivity contribution in [2.24, 2.45) is 0 Å². The van der Waals surface area contributed by atoms with Gasteiger partial charge in [0.05, 0.1) is 38.2 Å². The van der Waals surface area contributed by atoms with Crippen LogP contribution in [-0.2, 0) is 0 Å². The molecule has 7 rings (SSSR count). The molecule has 1 aliphatic carbocycles. The summed E-state index contributed by atoms with van der Waals surface area (Å²) in [5.41, 5.74) is 6.30. The molecule has 0 spiro atoms. The molecule has 6 aromatic rings. The number of pyridine rings is 3. The average Bonchev–Trinajstić information content (AvgIpc) is 3.66. The molecule has 37 heavy (non-hydrogen) atoms. The summed E-state index contributed by atoms with van der Waals surface area (Å²) in [4.78, 5) is 23.1. The number of H-pyrrole nitrogens is 2. The van der Waals surface area contributed by atoms with E-state index >= 15 is 0 Å². The normalized spacial score (nSPS) is 14.5. The van der Waals surface area contributed by atoms with E-state index in [2.05, 4.69) is 25.1 Å². The Morgan fingerprint density at radius 3 is 2.68 bits per heavy atom. The van der Waals surface area contributed by atoms with Crippen molar-refractivity contribution in [2.45, 2.75) is 38.2 Å². The third-order valence-corrected chi connectivity index (χ3v) is 7.94. The molecule has 0 radical (unpaired) electrons. The Bertz CT molecular complexity index is 1730. The average molecular weight is 528 g/mol. The van der Waals surface area contributed by atoms with Gasteiger partial charge in [0.1, 0.15) is 22.5 Å². The Kier molecular flexibility index (Phi) is 5.59. The van der Waals surface area contributed by atoms with Crippen LogP contribution in [0.15, 0.2) is 55.0 Å². The Balaban J connectivity index is 1.26. The van der Waals surface area contributed by atoms with Crippen LogP contribution in [0.5, 0.6) is 5.75 Å². The van der Waals surface area contributed by atoms with Crippen molar-refractivity contribution in [3.05, 3.63) is 59.3 Å². The quantitative estimate of drug-likeness (QED) is 0.249. The predicted octanol–water partition coefficient (Wildman–Crippen LogP) is 7.05. The van der Waals surface area contributed by atoms with Crippen LogP contribution in [0.25, 0.3) is 55.4 Å². The van der Waals surface area contributed by atoms with E-state index in [-0.39, 0.29) is 6.10 Å². The number of thiophene rings is 1. The van der Waals surface area contributed by atoms with Gasteiger partial charge in [0.15, 0.2) is 11.5 Å². The van der Waals surface area contributed by atoms with Crippen LogP contribution in [-0.4, -0.2) is 41.2 Å². The summed E-state index contributed by atoms with van der Waals surface area (Å²) in [6.45, 7) is 0. The summed E-state index contributed by atoms with van der Waals surface area (Å²) in [5, 5.41) is 7.62. The van der Waals surface area contributed by atoms with E-state index in [9.17, 15) is 0 Å². The highest BCUT2D eigenvalue weighted by atomic mass is 35.5. The third-order valence-electron chi connectivity index (χ3n) is 6.70. The van der Waals surface area contributed by atoms with Crippen LogP contribution in [0.1, 0.15) is 32.1 Å². The van der Waals surface area contributed by atoms with Crippen molar-refractivity contribution in [3.8, 4) is 39.1 Å². The number of nitrogens with one attached hydrogen (secondary N) is 2. The van der Waals surface area contributed by atoms with Crippen molar-refractivity contribution in [2.75, 3.05) is 0 Å². The zero-order valence-corrected chi connectivity index (χ0v) is 21.3. The second-order valence-electron chi connectivity index (χ2n) is 9.20. The van der Waals surface area contributed by atoms with Crippen LogP contribution >= 0.6 is 22.9 Å². The molecular weight excluding hydrogens is 506 g/mol. The fraction of sp³-hybridized carbons (Fsp3) is 0.222. The minimum Gasteiger partial charge on any atom is -0.489 e. The number of ether oxygens (including phenoxy) is 1. The van der Waals surface area contributed by atoms with E-state index in [1.807, 2.05) is 42.6 Å². The van der Waals surface area contributed by atoms with Crippen LogP contribution in [0.2, 0.25) is 4.34 Å². The number of hydrogen-bond acceptors (Lipinski definition) is 7. The van der Waals surface area contributed by atoms with Gasteiger partial charge in [-0.15, -0.1) is 11.3 Å². The van der Waals surface area contributed by atoms with Gasteiger partial charge in [-0.2, -0.15) is 5.10 Å². The molecule has 1 aliphatic rings. The SMILES string of the molecule is Clc1ccc(-c2nccc3[nH]c(-c4n[nH]c5ccc(-c6cncc(OC7CCCCC7)c6)nc45)nc23)s1.